The zero-order valence-electron chi connectivity index (χ0n) is 11.1. The standard InChI is InChI=1S/C15H15NO2S2/c1-11-9-19-10-12(11)8-16-15(18)14-6-5-13(20-14)4-2-3-7-17/h5-6,9-10,17H,3,7-8H2,1H3,(H,16,18). The first-order valence-electron chi connectivity index (χ1n) is 6.20. The first-order valence-corrected chi connectivity index (χ1v) is 7.96. The van der Waals surface area contributed by atoms with Crippen molar-refractivity contribution in [2.24, 2.45) is 0 Å². The Morgan fingerprint density at radius 2 is 2.25 bits per heavy atom. The Kier molecular flexibility index (Phi) is 5.36. The van der Waals surface area contributed by atoms with Gasteiger partial charge in [-0.3, -0.25) is 4.79 Å². The number of nitrogens with one attached hydrogen (secondary N) is 1. The number of hydrogen-bond acceptors (Lipinski definition) is 4. The lowest BCUT2D eigenvalue weighted by Gasteiger charge is -2.02. The van der Waals surface area contributed by atoms with E-state index in [4.69, 9.17) is 5.11 Å². The second kappa shape index (κ2) is 7.25. The minimum Gasteiger partial charge on any atom is -0.395 e. The Morgan fingerprint density at radius 3 is 2.95 bits per heavy atom. The van der Waals surface area contributed by atoms with Gasteiger partial charge in [0.1, 0.15) is 0 Å². The zero-order chi connectivity index (χ0) is 14.4. The van der Waals surface area contributed by atoms with Gasteiger partial charge in [-0.05, 0) is 40.9 Å². The Bertz CT molecular complexity index is 646. The molecule has 20 heavy (non-hydrogen) atoms. The maximum atomic E-state index is 12.0. The van der Waals surface area contributed by atoms with E-state index in [0.29, 0.717) is 17.8 Å². The quantitative estimate of drug-likeness (QED) is 0.853. The van der Waals surface area contributed by atoms with Crippen LogP contribution in [0.3, 0.4) is 0 Å². The molecule has 0 unspecified atom stereocenters. The SMILES string of the molecule is Cc1cscc1CNC(=O)c1ccc(C#CCCO)s1. The summed E-state index contributed by atoms with van der Waals surface area (Å²) in [6.07, 6.45) is 0.455. The number of aryl methyl sites for hydroxylation is 1. The van der Waals surface area contributed by atoms with E-state index < -0.39 is 0 Å². The van der Waals surface area contributed by atoms with Gasteiger partial charge in [0, 0.05) is 13.0 Å². The van der Waals surface area contributed by atoms with Crippen LogP contribution >= 0.6 is 22.7 Å². The summed E-state index contributed by atoms with van der Waals surface area (Å²) in [4.78, 5) is 13.5. The van der Waals surface area contributed by atoms with Crippen LogP contribution in [0.5, 0.6) is 0 Å². The lowest BCUT2D eigenvalue weighted by atomic mass is 10.2. The van der Waals surface area contributed by atoms with Crippen LogP contribution in [0.15, 0.2) is 22.9 Å². The normalized spacial score (nSPS) is 9.90. The molecule has 0 bridgehead atoms. The molecular formula is C15H15NO2S2. The maximum absolute atomic E-state index is 12.0. The monoisotopic (exact) mass is 305 g/mol. The highest BCUT2D eigenvalue weighted by Crippen LogP contribution is 2.17. The number of hydrogen-bond donors (Lipinski definition) is 2. The summed E-state index contributed by atoms with van der Waals surface area (Å²) in [7, 11) is 0. The molecule has 104 valence electrons. The van der Waals surface area contributed by atoms with Gasteiger partial charge in [-0.15, -0.1) is 11.3 Å². The molecule has 2 rings (SSSR count). The summed E-state index contributed by atoms with van der Waals surface area (Å²) in [6.45, 7) is 2.65. The molecular weight excluding hydrogens is 290 g/mol. The molecule has 2 heterocycles. The van der Waals surface area contributed by atoms with Crippen LogP contribution in [0.2, 0.25) is 0 Å². The molecule has 0 radical (unpaired) electrons. The highest BCUT2D eigenvalue weighted by Gasteiger charge is 2.09. The molecule has 0 fully saturated rings. The summed E-state index contributed by atoms with van der Waals surface area (Å²) < 4.78 is 0. The zero-order valence-corrected chi connectivity index (χ0v) is 12.7. The second-order valence-corrected chi connectivity index (χ2v) is 6.03. The molecule has 2 N–H and O–H groups in total. The van der Waals surface area contributed by atoms with E-state index in [1.165, 1.54) is 16.9 Å². The number of aliphatic hydroxyl groups excluding tert-OH is 1. The predicted molar refractivity (Wildman–Crippen MR) is 83.1 cm³/mol. The van der Waals surface area contributed by atoms with E-state index in [1.807, 2.05) is 13.0 Å². The van der Waals surface area contributed by atoms with Crippen molar-refractivity contribution in [2.45, 2.75) is 19.9 Å². The van der Waals surface area contributed by atoms with Crippen molar-refractivity contribution in [1.29, 1.82) is 0 Å². The summed E-state index contributed by atoms with van der Waals surface area (Å²) in [5.74, 6) is 5.70. The third-order valence-corrected chi connectivity index (χ3v) is 4.59. The minimum absolute atomic E-state index is 0.0612. The molecule has 1 amide bonds. The van der Waals surface area contributed by atoms with Gasteiger partial charge in [0.2, 0.25) is 0 Å². The molecule has 0 saturated heterocycles. The van der Waals surface area contributed by atoms with Gasteiger partial charge in [0.25, 0.3) is 5.91 Å². The summed E-state index contributed by atoms with van der Waals surface area (Å²) in [5.41, 5.74) is 2.36. The number of aliphatic hydroxyl groups is 1. The van der Waals surface area contributed by atoms with Crippen LogP contribution in [-0.2, 0) is 6.54 Å². The number of carbonyl (C=O) groups excluding carboxylic acids is 1. The molecule has 5 heteroatoms. The first-order chi connectivity index (χ1) is 9.70. The molecule has 0 atom stereocenters. The third-order valence-electron chi connectivity index (χ3n) is 2.68. The van der Waals surface area contributed by atoms with Crippen LogP contribution in [0, 0.1) is 18.8 Å². The molecule has 2 aromatic rings. The summed E-state index contributed by atoms with van der Waals surface area (Å²) in [6, 6.07) is 3.61. The van der Waals surface area contributed by atoms with Gasteiger partial charge in [-0.2, -0.15) is 11.3 Å². The van der Waals surface area contributed by atoms with E-state index in [0.717, 1.165) is 10.4 Å². The van der Waals surface area contributed by atoms with Crippen LogP contribution < -0.4 is 5.32 Å². The van der Waals surface area contributed by atoms with Crippen molar-refractivity contribution in [2.75, 3.05) is 6.61 Å². The van der Waals surface area contributed by atoms with E-state index >= 15 is 0 Å². The van der Waals surface area contributed by atoms with Gasteiger partial charge in [-0.1, -0.05) is 11.8 Å². The molecule has 0 aliphatic rings. The first kappa shape index (κ1) is 14.8. The number of rotatable bonds is 4. The van der Waals surface area contributed by atoms with Crippen molar-refractivity contribution in [3.8, 4) is 11.8 Å². The van der Waals surface area contributed by atoms with Gasteiger partial charge >= 0.3 is 0 Å². The Morgan fingerprint density at radius 1 is 1.40 bits per heavy atom. The Hall–Kier alpha value is -1.61. The number of thiophene rings is 2. The van der Waals surface area contributed by atoms with Gasteiger partial charge < -0.3 is 10.4 Å². The molecule has 2 aromatic heterocycles. The van der Waals surface area contributed by atoms with Gasteiger partial charge in [-0.25, -0.2) is 0 Å². The number of carbonyl (C=O) groups is 1. The molecule has 0 aliphatic heterocycles. The highest BCUT2D eigenvalue weighted by molar-refractivity contribution is 7.14. The smallest absolute Gasteiger partial charge is 0.261 e. The van der Waals surface area contributed by atoms with E-state index in [1.54, 1.807) is 17.4 Å². The Balaban J connectivity index is 1.93. The molecule has 0 aromatic carbocycles. The van der Waals surface area contributed by atoms with Crippen molar-refractivity contribution >= 4 is 28.6 Å². The fourth-order valence-electron chi connectivity index (χ4n) is 1.56. The average Bonchev–Trinajstić information content (AvgIpc) is 3.06. The second-order valence-electron chi connectivity index (χ2n) is 4.20. The topological polar surface area (TPSA) is 49.3 Å². The van der Waals surface area contributed by atoms with Gasteiger partial charge in [0.05, 0.1) is 16.4 Å². The van der Waals surface area contributed by atoms with E-state index in [9.17, 15) is 4.79 Å². The van der Waals surface area contributed by atoms with E-state index in [-0.39, 0.29) is 12.5 Å². The molecule has 0 spiro atoms. The molecule has 0 aliphatic carbocycles. The lowest BCUT2D eigenvalue weighted by molar-refractivity contribution is 0.0955. The van der Waals surface area contributed by atoms with Gasteiger partial charge in [0.15, 0.2) is 0 Å². The lowest BCUT2D eigenvalue weighted by Crippen LogP contribution is -2.21. The van der Waals surface area contributed by atoms with Crippen molar-refractivity contribution in [1.82, 2.24) is 5.32 Å². The highest BCUT2D eigenvalue weighted by atomic mass is 32.1. The molecule has 0 saturated carbocycles. The average molecular weight is 305 g/mol. The summed E-state index contributed by atoms with van der Waals surface area (Å²) >= 11 is 3.01. The molecule has 3 nitrogen and oxygen atoms in total. The summed E-state index contributed by atoms with van der Waals surface area (Å²) in [5, 5.41) is 15.7. The van der Waals surface area contributed by atoms with Crippen LogP contribution in [0.25, 0.3) is 0 Å². The van der Waals surface area contributed by atoms with Crippen molar-refractivity contribution in [3.63, 3.8) is 0 Å². The van der Waals surface area contributed by atoms with Crippen LogP contribution in [0.1, 0.15) is 32.1 Å². The number of amides is 1. The predicted octanol–water partition coefficient (Wildman–Crippen LogP) is 2.78. The Labute approximate surface area is 126 Å². The van der Waals surface area contributed by atoms with E-state index in [2.05, 4.69) is 27.9 Å². The van der Waals surface area contributed by atoms with Crippen molar-refractivity contribution < 1.29 is 9.90 Å². The fraction of sp³-hybridized carbons (Fsp3) is 0.267. The van der Waals surface area contributed by atoms with Crippen molar-refractivity contribution in [3.05, 3.63) is 43.8 Å². The van der Waals surface area contributed by atoms with Crippen LogP contribution in [0.4, 0.5) is 0 Å². The largest absolute Gasteiger partial charge is 0.395 e. The maximum Gasteiger partial charge on any atom is 0.261 e. The fourth-order valence-corrected chi connectivity index (χ4v) is 3.22. The third kappa shape index (κ3) is 3.94. The minimum atomic E-state index is -0.0733. The van der Waals surface area contributed by atoms with Crippen LogP contribution in [-0.4, -0.2) is 17.6 Å².